The van der Waals surface area contributed by atoms with E-state index in [-0.39, 0.29) is 24.0 Å². The van der Waals surface area contributed by atoms with Crippen LogP contribution in [0.3, 0.4) is 0 Å². The average molecular weight is 554 g/mol. The molecule has 216 valence electrons. The van der Waals surface area contributed by atoms with Crippen molar-refractivity contribution in [3.63, 3.8) is 0 Å². The molecule has 3 aromatic carbocycles. The summed E-state index contributed by atoms with van der Waals surface area (Å²) in [5.74, 6) is 0.120. The van der Waals surface area contributed by atoms with Crippen molar-refractivity contribution in [3.8, 4) is 0 Å². The van der Waals surface area contributed by atoms with Crippen molar-refractivity contribution >= 4 is 33.5 Å². The lowest BCUT2D eigenvalue weighted by atomic mass is 9.98. The van der Waals surface area contributed by atoms with Crippen molar-refractivity contribution in [2.75, 3.05) is 26.2 Å². The number of amides is 1. The van der Waals surface area contributed by atoms with E-state index in [0.29, 0.717) is 19.5 Å². The summed E-state index contributed by atoms with van der Waals surface area (Å²) in [6, 6.07) is 22.8. The van der Waals surface area contributed by atoms with Crippen LogP contribution in [0.25, 0.3) is 21.7 Å². The van der Waals surface area contributed by atoms with E-state index in [2.05, 4.69) is 89.2 Å². The fourth-order valence-electron chi connectivity index (χ4n) is 6.27. The quantitative estimate of drug-likeness (QED) is 0.158. The first kappa shape index (κ1) is 28.6. The first-order valence-electron chi connectivity index (χ1n) is 14.7. The number of aliphatic imine (C=N–C) groups is 1. The molecule has 5 rings (SSSR count). The fourth-order valence-corrected chi connectivity index (χ4v) is 6.27. The molecule has 8 heteroatoms. The van der Waals surface area contributed by atoms with Gasteiger partial charge >= 0.3 is 0 Å². The molecule has 0 radical (unpaired) electrons. The number of hydrogen-bond acceptors (Lipinski definition) is 4. The van der Waals surface area contributed by atoms with Gasteiger partial charge in [-0.25, -0.2) is 0 Å². The van der Waals surface area contributed by atoms with Crippen LogP contribution >= 0.6 is 0 Å². The number of carbonyl (C=O) groups is 1. The highest BCUT2D eigenvalue weighted by atomic mass is 16.2. The average Bonchev–Trinajstić information content (AvgIpc) is 3.29. The number of fused-ring (bicyclic) bond motifs is 2. The lowest BCUT2D eigenvalue weighted by Crippen LogP contribution is -2.62. The van der Waals surface area contributed by atoms with E-state index in [9.17, 15) is 4.79 Å². The van der Waals surface area contributed by atoms with Gasteiger partial charge < -0.3 is 26.7 Å². The molecule has 1 aromatic heterocycles. The first-order chi connectivity index (χ1) is 19.8. The first-order valence-corrected chi connectivity index (χ1v) is 14.7. The summed E-state index contributed by atoms with van der Waals surface area (Å²) in [6.07, 6.45) is 5.34. The molecule has 8 nitrogen and oxygen atoms in total. The molecule has 0 saturated carbocycles. The summed E-state index contributed by atoms with van der Waals surface area (Å²) in [4.78, 5) is 22.5. The Labute approximate surface area is 242 Å². The molecule has 3 atom stereocenters. The second-order valence-electron chi connectivity index (χ2n) is 11.5. The summed E-state index contributed by atoms with van der Waals surface area (Å²) in [7, 11) is 2.10. The Morgan fingerprint density at radius 1 is 1.02 bits per heavy atom. The maximum absolute atomic E-state index is 13.8. The predicted octanol–water partition coefficient (Wildman–Crippen LogP) is 3.40. The maximum atomic E-state index is 13.8. The van der Waals surface area contributed by atoms with Crippen molar-refractivity contribution in [3.05, 3.63) is 84.1 Å². The Kier molecular flexibility index (Phi) is 8.90. The molecule has 4 aromatic rings. The van der Waals surface area contributed by atoms with E-state index in [4.69, 9.17) is 17.2 Å². The monoisotopic (exact) mass is 553 g/mol. The normalized spacial score (nSPS) is 18.6. The molecular weight excluding hydrogens is 510 g/mol. The third-order valence-electron chi connectivity index (χ3n) is 8.48. The number of guanidine groups is 1. The third kappa shape index (κ3) is 6.72. The predicted molar refractivity (Wildman–Crippen MR) is 169 cm³/mol. The summed E-state index contributed by atoms with van der Waals surface area (Å²) >= 11 is 0. The van der Waals surface area contributed by atoms with E-state index >= 15 is 0 Å². The number of carbonyl (C=O) groups excluding carboxylic acids is 1. The van der Waals surface area contributed by atoms with Crippen LogP contribution in [0.5, 0.6) is 0 Å². The number of nitrogens with two attached hydrogens (primary N) is 3. The van der Waals surface area contributed by atoms with Crippen molar-refractivity contribution in [1.29, 1.82) is 0 Å². The van der Waals surface area contributed by atoms with Crippen LogP contribution in [-0.4, -0.2) is 70.5 Å². The highest BCUT2D eigenvalue weighted by molar-refractivity contribution is 5.85. The van der Waals surface area contributed by atoms with E-state index in [1.807, 2.05) is 17.0 Å². The summed E-state index contributed by atoms with van der Waals surface area (Å²) in [5.41, 5.74) is 21.4. The van der Waals surface area contributed by atoms with E-state index in [1.165, 1.54) is 21.9 Å². The van der Waals surface area contributed by atoms with Crippen LogP contribution in [0.1, 0.15) is 30.9 Å². The molecule has 1 aliphatic rings. The Morgan fingerprint density at radius 3 is 2.59 bits per heavy atom. The number of aryl methyl sites for hydroxylation is 1. The Morgan fingerprint density at radius 2 is 1.78 bits per heavy atom. The van der Waals surface area contributed by atoms with Gasteiger partial charge in [0, 0.05) is 62.4 Å². The van der Waals surface area contributed by atoms with Gasteiger partial charge in [0.15, 0.2) is 5.96 Å². The van der Waals surface area contributed by atoms with Gasteiger partial charge in [-0.2, -0.15) is 0 Å². The number of rotatable bonds is 10. The lowest BCUT2D eigenvalue weighted by Gasteiger charge is -2.46. The molecule has 0 aliphatic carbocycles. The van der Waals surface area contributed by atoms with Crippen molar-refractivity contribution in [2.45, 2.75) is 50.7 Å². The number of benzene rings is 3. The molecule has 0 spiro atoms. The van der Waals surface area contributed by atoms with Crippen LogP contribution < -0.4 is 17.2 Å². The van der Waals surface area contributed by atoms with Crippen LogP contribution in [0.4, 0.5) is 0 Å². The highest BCUT2D eigenvalue weighted by Gasteiger charge is 2.36. The van der Waals surface area contributed by atoms with E-state index < -0.39 is 6.04 Å². The summed E-state index contributed by atoms with van der Waals surface area (Å²) in [6.45, 7) is 5.17. The Bertz CT molecular complexity index is 1520. The third-order valence-corrected chi connectivity index (χ3v) is 8.48. The molecule has 1 aliphatic heterocycles. The molecule has 1 fully saturated rings. The molecule has 2 heterocycles. The smallest absolute Gasteiger partial charge is 0.240 e. The topological polar surface area (TPSA) is 119 Å². The molecule has 1 amide bonds. The molecule has 0 bridgehead atoms. The molecule has 41 heavy (non-hydrogen) atoms. The number of piperazine rings is 1. The highest BCUT2D eigenvalue weighted by Crippen LogP contribution is 2.25. The zero-order valence-electron chi connectivity index (χ0n) is 24.2. The number of nitrogens with zero attached hydrogens (tertiary/aromatic N) is 4. The fraction of sp³-hybridized carbons (Fsp3) is 0.394. The van der Waals surface area contributed by atoms with Gasteiger partial charge in [0.1, 0.15) is 0 Å². The van der Waals surface area contributed by atoms with Crippen molar-refractivity contribution < 1.29 is 4.79 Å². The van der Waals surface area contributed by atoms with Gasteiger partial charge in [0.05, 0.1) is 6.04 Å². The van der Waals surface area contributed by atoms with Crippen LogP contribution in [0.2, 0.25) is 0 Å². The van der Waals surface area contributed by atoms with Gasteiger partial charge in [-0.15, -0.1) is 0 Å². The Hall–Kier alpha value is -3.88. The zero-order valence-corrected chi connectivity index (χ0v) is 24.2. The minimum absolute atomic E-state index is 0.0190. The standard InChI is InChI=1S/C33H43N7O/c1-23-20-40(32(41)30(34)19-24-13-14-25-8-3-4-9-26(25)18-24)28(10-7-16-37-33(35)36)22-39(23)17-15-27-21-38(2)31-12-6-5-11-29(27)31/h3-6,8-9,11-14,18,21,23,28,30H,7,10,15-17,19-20,22,34H2,1-2H3,(H4,35,36,37)/t23-,28?,30+/m1/s1. The summed E-state index contributed by atoms with van der Waals surface area (Å²) in [5, 5.41) is 3.66. The number of aromatic nitrogens is 1. The Balaban J connectivity index is 1.28. The van der Waals surface area contributed by atoms with Gasteiger partial charge in [-0.3, -0.25) is 14.7 Å². The van der Waals surface area contributed by atoms with Crippen LogP contribution in [0, 0.1) is 0 Å². The SMILES string of the molecule is C[C@@H]1CN(C(=O)[C@@H](N)Cc2ccc3ccccc3c2)C(CCCN=C(N)N)CN1CCc1cn(C)c2ccccc12. The van der Waals surface area contributed by atoms with Gasteiger partial charge in [0.25, 0.3) is 0 Å². The van der Waals surface area contributed by atoms with E-state index in [0.717, 1.165) is 43.3 Å². The van der Waals surface area contributed by atoms with E-state index in [1.54, 1.807) is 0 Å². The molecule has 1 unspecified atom stereocenters. The van der Waals surface area contributed by atoms with Crippen molar-refractivity contribution in [2.24, 2.45) is 29.2 Å². The minimum atomic E-state index is -0.592. The largest absolute Gasteiger partial charge is 0.370 e. The second-order valence-corrected chi connectivity index (χ2v) is 11.5. The van der Waals surface area contributed by atoms with Gasteiger partial charge in [-0.1, -0.05) is 60.7 Å². The van der Waals surface area contributed by atoms with Crippen LogP contribution in [0.15, 0.2) is 77.9 Å². The number of para-hydroxylation sites is 1. The molecular formula is C33H43N7O. The molecule has 1 saturated heterocycles. The number of hydrogen-bond donors (Lipinski definition) is 3. The lowest BCUT2D eigenvalue weighted by molar-refractivity contribution is -0.139. The molecule has 6 N–H and O–H groups in total. The van der Waals surface area contributed by atoms with Gasteiger partial charge in [0.2, 0.25) is 5.91 Å². The second kappa shape index (κ2) is 12.7. The van der Waals surface area contributed by atoms with Crippen molar-refractivity contribution in [1.82, 2.24) is 14.4 Å². The zero-order chi connectivity index (χ0) is 28.9. The maximum Gasteiger partial charge on any atom is 0.240 e. The minimum Gasteiger partial charge on any atom is -0.370 e. The summed E-state index contributed by atoms with van der Waals surface area (Å²) < 4.78 is 2.20. The van der Waals surface area contributed by atoms with Gasteiger partial charge in [-0.05, 0) is 60.6 Å². The van der Waals surface area contributed by atoms with Crippen LogP contribution in [-0.2, 0) is 24.7 Å².